The summed E-state index contributed by atoms with van der Waals surface area (Å²) >= 11 is 0. The van der Waals surface area contributed by atoms with Gasteiger partial charge in [-0.2, -0.15) is 0 Å². The van der Waals surface area contributed by atoms with Gasteiger partial charge in [-0.15, -0.1) is 0 Å². The maximum atomic E-state index is 12.7. The number of rotatable bonds is 6. The molecule has 0 fully saturated rings. The number of amides is 2. The van der Waals surface area contributed by atoms with Gasteiger partial charge in [0.05, 0.1) is 11.4 Å². The van der Waals surface area contributed by atoms with E-state index in [0.717, 1.165) is 22.4 Å². The maximum absolute atomic E-state index is 12.7. The summed E-state index contributed by atoms with van der Waals surface area (Å²) < 4.78 is 6.80. The molecule has 1 aromatic carbocycles. The van der Waals surface area contributed by atoms with Crippen LogP contribution in [0.15, 0.2) is 39.8 Å². The Morgan fingerprint density at radius 2 is 1.93 bits per heavy atom. The van der Waals surface area contributed by atoms with E-state index in [0.29, 0.717) is 36.5 Å². The van der Waals surface area contributed by atoms with Gasteiger partial charge < -0.3 is 19.7 Å². The second kappa shape index (κ2) is 8.29. The first-order chi connectivity index (χ1) is 13.4. The first-order valence-corrected chi connectivity index (χ1v) is 9.45. The maximum Gasteiger partial charge on any atom is 0.319 e. The summed E-state index contributed by atoms with van der Waals surface area (Å²) in [5.74, 6) is 1.09. The van der Waals surface area contributed by atoms with Gasteiger partial charge in [0.1, 0.15) is 5.76 Å². The number of urea groups is 1. The molecule has 28 heavy (non-hydrogen) atoms. The topological polar surface area (TPSA) is 89.2 Å². The average Bonchev–Trinajstić information content (AvgIpc) is 2.97. The second-order valence-electron chi connectivity index (χ2n) is 7.37. The lowest BCUT2D eigenvalue weighted by Gasteiger charge is -2.15. The minimum absolute atomic E-state index is 0.0475. The van der Waals surface area contributed by atoms with Crippen LogP contribution in [0.4, 0.5) is 10.5 Å². The monoisotopic (exact) mass is 382 g/mol. The number of aromatic nitrogens is 2. The summed E-state index contributed by atoms with van der Waals surface area (Å²) in [5, 5.41) is 11.0. The first-order valence-electron chi connectivity index (χ1n) is 9.45. The van der Waals surface area contributed by atoms with Crippen molar-refractivity contribution in [2.45, 2.75) is 40.7 Å². The van der Waals surface area contributed by atoms with Crippen molar-refractivity contribution < 1.29 is 9.32 Å². The van der Waals surface area contributed by atoms with Gasteiger partial charge in [0.15, 0.2) is 0 Å². The van der Waals surface area contributed by atoms with E-state index in [1.807, 2.05) is 32.0 Å². The van der Waals surface area contributed by atoms with Crippen molar-refractivity contribution in [3.8, 4) is 0 Å². The van der Waals surface area contributed by atoms with Crippen molar-refractivity contribution in [2.24, 2.45) is 5.92 Å². The van der Waals surface area contributed by atoms with E-state index in [9.17, 15) is 9.59 Å². The highest BCUT2D eigenvalue weighted by Crippen LogP contribution is 2.21. The summed E-state index contributed by atoms with van der Waals surface area (Å²) in [4.78, 5) is 25.1. The number of nitrogens with zero attached hydrogens (tertiary/aromatic N) is 2. The van der Waals surface area contributed by atoms with Crippen molar-refractivity contribution in [1.82, 2.24) is 15.0 Å². The van der Waals surface area contributed by atoms with Crippen LogP contribution < -0.4 is 16.2 Å². The molecule has 0 radical (unpaired) electrons. The highest BCUT2D eigenvalue weighted by Gasteiger charge is 2.13. The predicted molar refractivity (Wildman–Crippen MR) is 110 cm³/mol. The average molecular weight is 382 g/mol. The van der Waals surface area contributed by atoms with Crippen molar-refractivity contribution in [3.05, 3.63) is 57.8 Å². The van der Waals surface area contributed by atoms with Crippen LogP contribution in [0.3, 0.4) is 0 Å². The molecule has 2 aromatic heterocycles. The number of nitrogens with one attached hydrogen (secondary N) is 2. The number of fused-ring (bicyclic) bond motifs is 1. The SMILES string of the molecule is Cc1noc(C)c1CCNC(=O)Nc1cn(CC(C)C)c(=O)c2ccccc12. The Labute approximate surface area is 163 Å². The molecule has 3 aromatic rings. The van der Waals surface area contributed by atoms with Crippen molar-refractivity contribution in [3.63, 3.8) is 0 Å². The minimum atomic E-state index is -0.313. The zero-order valence-corrected chi connectivity index (χ0v) is 16.7. The van der Waals surface area contributed by atoms with Crippen LogP contribution in [-0.4, -0.2) is 22.3 Å². The quantitative estimate of drug-likeness (QED) is 0.681. The number of benzene rings is 1. The van der Waals surface area contributed by atoms with Gasteiger partial charge in [0.2, 0.25) is 0 Å². The van der Waals surface area contributed by atoms with Crippen molar-refractivity contribution in [1.29, 1.82) is 0 Å². The van der Waals surface area contributed by atoms with E-state index in [4.69, 9.17) is 4.52 Å². The Bertz CT molecular complexity index is 1030. The first kappa shape index (κ1) is 19.7. The summed E-state index contributed by atoms with van der Waals surface area (Å²) in [5.41, 5.74) is 2.42. The third-order valence-electron chi connectivity index (χ3n) is 4.65. The van der Waals surface area contributed by atoms with Crippen LogP contribution in [-0.2, 0) is 13.0 Å². The van der Waals surface area contributed by atoms with Crippen LogP contribution in [0, 0.1) is 19.8 Å². The molecular formula is C21H26N4O3. The van der Waals surface area contributed by atoms with Crippen molar-refractivity contribution >= 4 is 22.5 Å². The zero-order valence-electron chi connectivity index (χ0n) is 16.7. The Morgan fingerprint density at radius 3 is 2.57 bits per heavy atom. The number of carbonyl (C=O) groups excluding carboxylic acids is 1. The smallest absolute Gasteiger partial charge is 0.319 e. The predicted octanol–water partition coefficient (Wildman–Crippen LogP) is 3.63. The molecule has 0 aliphatic rings. The van der Waals surface area contributed by atoms with Gasteiger partial charge in [-0.25, -0.2) is 4.79 Å². The fraction of sp³-hybridized carbons (Fsp3) is 0.381. The summed E-state index contributed by atoms with van der Waals surface area (Å²) in [6, 6.07) is 7.00. The summed E-state index contributed by atoms with van der Waals surface area (Å²) in [6.07, 6.45) is 2.36. The Morgan fingerprint density at radius 1 is 1.21 bits per heavy atom. The van der Waals surface area contributed by atoms with Crippen LogP contribution in [0.25, 0.3) is 10.8 Å². The lowest BCUT2D eigenvalue weighted by molar-refractivity contribution is 0.252. The molecule has 148 valence electrons. The van der Waals surface area contributed by atoms with Gasteiger partial charge in [0, 0.05) is 35.6 Å². The fourth-order valence-electron chi connectivity index (χ4n) is 3.30. The van der Waals surface area contributed by atoms with Gasteiger partial charge in [0.25, 0.3) is 5.56 Å². The second-order valence-corrected chi connectivity index (χ2v) is 7.37. The third-order valence-corrected chi connectivity index (χ3v) is 4.65. The molecule has 3 rings (SSSR count). The van der Waals surface area contributed by atoms with Gasteiger partial charge in [-0.3, -0.25) is 4.79 Å². The molecule has 0 bridgehead atoms. The number of aryl methyl sites for hydroxylation is 2. The minimum Gasteiger partial charge on any atom is -0.361 e. The molecule has 7 nitrogen and oxygen atoms in total. The number of anilines is 1. The van der Waals surface area contributed by atoms with Crippen LogP contribution >= 0.6 is 0 Å². The summed E-state index contributed by atoms with van der Waals surface area (Å²) in [6.45, 7) is 8.89. The molecular weight excluding hydrogens is 356 g/mol. The zero-order chi connectivity index (χ0) is 20.3. The summed E-state index contributed by atoms with van der Waals surface area (Å²) in [7, 11) is 0. The molecule has 0 aliphatic heterocycles. The number of carbonyl (C=O) groups is 1. The van der Waals surface area contributed by atoms with E-state index < -0.39 is 0 Å². The molecule has 0 saturated heterocycles. The van der Waals surface area contributed by atoms with E-state index in [1.165, 1.54) is 0 Å². The molecule has 7 heteroatoms. The Kier molecular flexibility index (Phi) is 5.82. The van der Waals surface area contributed by atoms with Gasteiger partial charge in [-0.05, 0) is 32.3 Å². The Balaban J connectivity index is 1.76. The molecule has 0 spiro atoms. The molecule has 0 unspecified atom stereocenters. The molecule has 2 N–H and O–H groups in total. The normalized spacial score (nSPS) is 11.2. The number of hydrogen-bond donors (Lipinski definition) is 2. The van der Waals surface area contributed by atoms with E-state index >= 15 is 0 Å². The fourth-order valence-corrected chi connectivity index (χ4v) is 3.30. The highest BCUT2D eigenvalue weighted by atomic mass is 16.5. The highest BCUT2D eigenvalue weighted by molar-refractivity contribution is 6.00. The number of pyridine rings is 1. The van der Waals surface area contributed by atoms with Gasteiger partial charge in [-0.1, -0.05) is 37.2 Å². The molecule has 2 heterocycles. The Hall–Kier alpha value is -3.09. The van der Waals surface area contributed by atoms with Crippen LogP contribution in [0.2, 0.25) is 0 Å². The lowest BCUT2D eigenvalue weighted by atomic mass is 10.1. The molecule has 0 aliphatic carbocycles. The van der Waals surface area contributed by atoms with Crippen LogP contribution in [0.5, 0.6) is 0 Å². The largest absolute Gasteiger partial charge is 0.361 e. The standard InChI is InChI=1S/C21H26N4O3/c1-13(2)11-25-12-19(17-7-5-6-8-18(17)20(25)26)23-21(27)22-10-9-16-14(3)24-28-15(16)4/h5-8,12-13H,9-11H2,1-4H3,(H2,22,23,27). The molecule has 0 atom stereocenters. The van der Waals surface area contributed by atoms with Crippen LogP contribution in [0.1, 0.15) is 30.9 Å². The van der Waals surface area contributed by atoms with E-state index in [2.05, 4.69) is 29.6 Å². The van der Waals surface area contributed by atoms with E-state index in [-0.39, 0.29) is 11.6 Å². The lowest BCUT2D eigenvalue weighted by Crippen LogP contribution is -2.31. The molecule has 0 saturated carbocycles. The van der Waals surface area contributed by atoms with Gasteiger partial charge >= 0.3 is 6.03 Å². The third kappa shape index (κ3) is 4.24. The van der Waals surface area contributed by atoms with E-state index in [1.54, 1.807) is 16.8 Å². The van der Waals surface area contributed by atoms with Crippen molar-refractivity contribution in [2.75, 3.05) is 11.9 Å². The molecule has 2 amide bonds. The number of hydrogen-bond acceptors (Lipinski definition) is 4.